The number of piperazine rings is 1. The van der Waals surface area contributed by atoms with Crippen molar-refractivity contribution in [3.8, 4) is 0 Å². The van der Waals surface area contributed by atoms with Crippen LogP contribution in [0.3, 0.4) is 0 Å². The number of fused-ring (bicyclic) bond motifs is 3. The molecule has 5 rings (SSSR count). The molecule has 166 valence electrons. The summed E-state index contributed by atoms with van der Waals surface area (Å²) in [6.07, 6.45) is 1.75. The standard InChI is InChI=1S/C22H23Cl2N7O/c1-28-22(32)20-15(21(24)27-28)14-31-18(20)6-7-19(26-31)25-8-9-29-10-12-30(13-11-29)17-5-3-2-4-16(17)23/h2-7,14H,8-13H2,1H3,(H,25,26). The van der Waals surface area contributed by atoms with Crippen LogP contribution in [0.5, 0.6) is 0 Å². The molecule has 32 heavy (non-hydrogen) atoms. The van der Waals surface area contributed by atoms with E-state index in [9.17, 15) is 4.79 Å². The Morgan fingerprint density at radius 2 is 1.81 bits per heavy atom. The van der Waals surface area contributed by atoms with Gasteiger partial charge in [-0.1, -0.05) is 35.3 Å². The molecule has 1 saturated heterocycles. The molecule has 0 saturated carbocycles. The van der Waals surface area contributed by atoms with Gasteiger partial charge in [0.15, 0.2) is 5.15 Å². The van der Waals surface area contributed by atoms with E-state index in [0.29, 0.717) is 16.3 Å². The molecule has 4 heterocycles. The molecule has 1 aliphatic heterocycles. The molecule has 1 aromatic carbocycles. The third-order valence-electron chi connectivity index (χ3n) is 5.91. The minimum atomic E-state index is -0.189. The van der Waals surface area contributed by atoms with Gasteiger partial charge in [0.2, 0.25) is 0 Å². The number of anilines is 2. The Bertz CT molecular complexity index is 1340. The Morgan fingerprint density at radius 1 is 1.03 bits per heavy atom. The van der Waals surface area contributed by atoms with Crippen molar-refractivity contribution in [1.82, 2.24) is 24.3 Å². The van der Waals surface area contributed by atoms with Gasteiger partial charge in [-0.25, -0.2) is 9.20 Å². The lowest BCUT2D eigenvalue weighted by Crippen LogP contribution is -2.47. The summed E-state index contributed by atoms with van der Waals surface area (Å²) in [6, 6.07) is 11.8. The molecule has 0 spiro atoms. The summed E-state index contributed by atoms with van der Waals surface area (Å²) < 4.78 is 2.94. The van der Waals surface area contributed by atoms with Crippen LogP contribution in [0.4, 0.5) is 11.5 Å². The molecule has 0 bridgehead atoms. The number of rotatable bonds is 5. The molecule has 0 amide bonds. The third-order valence-corrected chi connectivity index (χ3v) is 6.50. The molecule has 1 N–H and O–H groups in total. The van der Waals surface area contributed by atoms with E-state index in [1.807, 2.05) is 30.3 Å². The molecule has 10 heteroatoms. The molecular formula is C22H23Cl2N7O. The summed E-state index contributed by atoms with van der Waals surface area (Å²) in [5.74, 6) is 0.744. The number of nitrogens with one attached hydrogen (secondary N) is 1. The second kappa shape index (κ2) is 8.61. The van der Waals surface area contributed by atoms with Gasteiger partial charge in [-0.2, -0.15) is 10.2 Å². The first-order valence-electron chi connectivity index (χ1n) is 10.5. The minimum absolute atomic E-state index is 0.189. The van der Waals surface area contributed by atoms with Crippen LogP contribution in [0.25, 0.3) is 16.3 Å². The smallest absolute Gasteiger partial charge is 0.276 e. The Kier molecular flexibility index (Phi) is 5.67. The van der Waals surface area contributed by atoms with Crippen molar-refractivity contribution < 1.29 is 0 Å². The fourth-order valence-electron chi connectivity index (χ4n) is 4.19. The summed E-state index contributed by atoms with van der Waals surface area (Å²) in [6.45, 7) is 5.56. The van der Waals surface area contributed by atoms with Gasteiger partial charge in [-0.15, -0.1) is 0 Å². The molecule has 3 aromatic heterocycles. The Morgan fingerprint density at radius 3 is 2.59 bits per heavy atom. The quantitative estimate of drug-likeness (QED) is 0.482. The van der Waals surface area contributed by atoms with Gasteiger partial charge in [0.05, 0.1) is 21.6 Å². The van der Waals surface area contributed by atoms with Gasteiger partial charge in [-0.05, 0) is 24.3 Å². The highest BCUT2D eigenvalue weighted by atomic mass is 35.5. The lowest BCUT2D eigenvalue weighted by Gasteiger charge is -2.36. The maximum Gasteiger partial charge on any atom is 0.276 e. The summed E-state index contributed by atoms with van der Waals surface area (Å²) >= 11 is 12.6. The Hall–Kier alpha value is -2.81. The Balaban J connectivity index is 1.21. The van der Waals surface area contributed by atoms with E-state index < -0.39 is 0 Å². The van der Waals surface area contributed by atoms with Crippen molar-refractivity contribution >= 4 is 51.0 Å². The zero-order valence-electron chi connectivity index (χ0n) is 17.6. The van der Waals surface area contributed by atoms with Gasteiger partial charge in [0, 0.05) is 57.9 Å². The van der Waals surface area contributed by atoms with E-state index >= 15 is 0 Å². The first-order valence-corrected chi connectivity index (χ1v) is 11.3. The van der Waals surface area contributed by atoms with Crippen molar-refractivity contribution in [3.63, 3.8) is 0 Å². The lowest BCUT2D eigenvalue weighted by molar-refractivity contribution is 0.267. The van der Waals surface area contributed by atoms with E-state index in [-0.39, 0.29) is 10.7 Å². The SMILES string of the molecule is Cn1nc(Cl)c2cn3nc(NCCN4CCN(c5ccccc5Cl)CC4)ccc3c2c1=O. The summed E-state index contributed by atoms with van der Waals surface area (Å²) in [5.41, 5.74) is 1.63. The van der Waals surface area contributed by atoms with Crippen LogP contribution in [-0.2, 0) is 7.05 Å². The van der Waals surface area contributed by atoms with E-state index in [4.69, 9.17) is 23.2 Å². The van der Waals surface area contributed by atoms with E-state index in [0.717, 1.165) is 55.8 Å². The van der Waals surface area contributed by atoms with Crippen LogP contribution in [0.2, 0.25) is 10.2 Å². The van der Waals surface area contributed by atoms with E-state index in [2.05, 4.69) is 31.4 Å². The predicted octanol–water partition coefficient (Wildman–Crippen LogP) is 3.12. The zero-order valence-corrected chi connectivity index (χ0v) is 19.1. The minimum Gasteiger partial charge on any atom is -0.368 e. The molecule has 0 atom stereocenters. The number of aromatic nitrogens is 4. The number of para-hydroxylation sites is 1. The summed E-state index contributed by atoms with van der Waals surface area (Å²) in [4.78, 5) is 17.3. The largest absolute Gasteiger partial charge is 0.368 e. The number of halogens is 2. The molecule has 8 nitrogen and oxygen atoms in total. The normalized spacial score (nSPS) is 15.0. The van der Waals surface area contributed by atoms with Crippen LogP contribution >= 0.6 is 23.2 Å². The average Bonchev–Trinajstić information content (AvgIpc) is 3.18. The van der Waals surface area contributed by atoms with Crippen molar-refractivity contribution in [3.05, 3.63) is 63.1 Å². The predicted molar refractivity (Wildman–Crippen MR) is 129 cm³/mol. The summed E-state index contributed by atoms with van der Waals surface area (Å²) in [7, 11) is 1.59. The van der Waals surface area contributed by atoms with Gasteiger partial charge in [0.25, 0.3) is 5.56 Å². The zero-order chi connectivity index (χ0) is 22.2. The van der Waals surface area contributed by atoms with Crippen molar-refractivity contribution in [2.45, 2.75) is 0 Å². The molecule has 0 unspecified atom stereocenters. The third kappa shape index (κ3) is 3.90. The molecule has 1 aliphatic rings. The summed E-state index contributed by atoms with van der Waals surface area (Å²) in [5, 5.41) is 14.3. The van der Waals surface area contributed by atoms with E-state index in [1.54, 1.807) is 17.8 Å². The molecule has 1 fully saturated rings. The highest BCUT2D eigenvalue weighted by molar-refractivity contribution is 6.34. The molecule has 0 radical (unpaired) electrons. The van der Waals surface area contributed by atoms with Crippen LogP contribution in [0.1, 0.15) is 0 Å². The fraction of sp³-hybridized carbons (Fsp3) is 0.318. The van der Waals surface area contributed by atoms with Gasteiger partial charge in [0.1, 0.15) is 5.82 Å². The maximum atomic E-state index is 12.5. The molecule has 0 aliphatic carbocycles. The van der Waals surface area contributed by atoms with E-state index in [1.165, 1.54) is 4.68 Å². The highest BCUT2D eigenvalue weighted by Gasteiger charge is 2.18. The number of benzene rings is 1. The highest BCUT2D eigenvalue weighted by Crippen LogP contribution is 2.26. The average molecular weight is 472 g/mol. The monoisotopic (exact) mass is 471 g/mol. The second-order valence-corrected chi connectivity index (χ2v) is 8.66. The number of hydrogen-bond acceptors (Lipinski definition) is 6. The second-order valence-electron chi connectivity index (χ2n) is 7.89. The maximum absolute atomic E-state index is 12.5. The number of nitrogens with zero attached hydrogens (tertiary/aromatic N) is 6. The van der Waals surface area contributed by atoms with Crippen LogP contribution in [-0.4, -0.2) is 63.6 Å². The first-order chi connectivity index (χ1) is 15.5. The van der Waals surface area contributed by atoms with Gasteiger partial charge in [-0.3, -0.25) is 9.69 Å². The van der Waals surface area contributed by atoms with Crippen molar-refractivity contribution in [2.24, 2.45) is 7.05 Å². The van der Waals surface area contributed by atoms with Gasteiger partial charge < -0.3 is 10.2 Å². The van der Waals surface area contributed by atoms with Crippen molar-refractivity contribution in [1.29, 1.82) is 0 Å². The number of hydrogen-bond donors (Lipinski definition) is 1. The first kappa shape index (κ1) is 21.1. The Labute approximate surface area is 194 Å². The fourth-order valence-corrected chi connectivity index (χ4v) is 4.70. The van der Waals surface area contributed by atoms with Crippen LogP contribution < -0.4 is 15.8 Å². The van der Waals surface area contributed by atoms with Gasteiger partial charge >= 0.3 is 0 Å². The van der Waals surface area contributed by atoms with Crippen LogP contribution in [0.15, 0.2) is 47.4 Å². The van der Waals surface area contributed by atoms with Crippen LogP contribution in [0, 0.1) is 0 Å². The van der Waals surface area contributed by atoms with Crippen molar-refractivity contribution in [2.75, 3.05) is 49.5 Å². The molecular weight excluding hydrogens is 449 g/mol. The number of aryl methyl sites for hydroxylation is 1. The topological polar surface area (TPSA) is 70.7 Å². The molecule has 4 aromatic rings. The lowest BCUT2D eigenvalue weighted by atomic mass is 10.2.